The predicted octanol–water partition coefficient (Wildman–Crippen LogP) is 2.27. The van der Waals surface area contributed by atoms with E-state index in [-0.39, 0.29) is 5.91 Å². The maximum absolute atomic E-state index is 12.1. The first kappa shape index (κ1) is 19.1. The topological polar surface area (TPSA) is 52.0 Å². The molecular formula is C19H24ClN2O3+. The molecule has 1 amide bonds. The van der Waals surface area contributed by atoms with Crippen molar-refractivity contribution in [1.29, 1.82) is 0 Å². The van der Waals surface area contributed by atoms with Gasteiger partial charge in [0.05, 0.1) is 38.0 Å². The smallest absolute Gasteiger partial charge is 0.279 e. The van der Waals surface area contributed by atoms with Gasteiger partial charge in [-0.05, 0) is 36.4 Å². The Morgan fingerprint density at radius 1 is 1.12 bits per heavy atom. The highest BCUT2D eigenvalue weighted by Gasteiger charge is 2.11. The molecule has 2 aromatic rings. The van der Waals surface area contributed by atoms with Crippen LogP contribution in [-0.2, 0) is 4.79 Å². The second-order valence-corrected chi connectivity index (χ2v) is 6.20. The van der Waals surface area contributed by atoms with Gasteiger partial charge in [0, 0.05) is 6.42 Å². The summed E-state index contributed by atoms with van der Waals surface area (Å²) in [6.45, 7) is 1.83. The minimum atomic E-state index is -0.0540. The van der Waals surface area contributed by atoms with Gasteiger partial charge in [-0.3, -0.25) is 4.79 Å². The van der Waals surface area contributed by atoms with Gasteiger partial charge in [-0.15, -0.1) is 0 Å². The molecule has 0 saturated carbocycles. The first-order valence-corrected chi connectivity index (χ1v) is 8.59. The zero-order valence-corrected chi connectivity index (χ0v) is 15.3. The van der Waals surface area contributed by atoms with Crippen LogP contribution in [0.25, 0.3) is 0 Å². The lowest BCUT2D eigenvalue weighted by Gasteiger charge is -2.14. The van der Waals surface area contributed by atoms with Crippen molar-refractivity contribution >= 4 is 23.2 Å². The number of carbonyl (C=O) groups excluding carboxylic acids is 1. The summed E-state index contributed by atoms with van der Waals surface area (Å²) in [7, 11) is 3.62. The molecule has 0 heterocycles. The molecule has 2 rings (SSSR count). The van der Waals surface area contributed by atoms with E-state index < -0.39 is 0 Å². The second kappa shape index (κ2) is 9.91. The summed E-state index contributed by atoms with van der Waals surface area (Å²) in [5, 5.41) is 3.38. The monoisotopic (exact) mass is 363 g/mol. The summed E-state index contributed by atoms with van der Waals surface area (Å²) in [5.41, 5.74) is 0.643. The Morgan fingerprint density at radius 3 is 2.48 bits per heavy atom. The molecule has 0 spiro atoms. The summed E-state index contributed by atoms with van der Waals surface area (Å²) in [6.07, 6.45) is 0.858. The number of anilines is 1. The van der Waals surface area contributed by atoms with E-state index in [2.05, 4.69) is 5.32 Å². The van der Waals surface area contributed by atoms with Crippen molar-refractivity contribution in [2.45, 2.75) is 6.42 Å². The number of hydrogen-bond acceptors (Lipinski definition) is 3. The molecule has 6 heteroatoms. The SMILES string of the molecule is COc1ccc(OCCC[NH+](C)CC(=O)Nc2ccccc2Cl)cc1. The van der Waals surface area contributed by atoms with Crippen molar-refractivity contribution in [3.05, 3.63) is 53.6 Å². The van der Waals surface area contributed by atoms with Crippen molar-refractivity contribution in [2.75, 3.05) is 39.2 Å². The van der Waals surface area contributed by atoms with E-state index >= 15 is 0 Å². The quantitative estimate of drug-likeness (QED) is 0.672. The van der Waals surface area contributed by atoms with Crippen LogP contribution in [0.1, 0.15) is 6.42 Å². The maximum atomic E-state index is 12.1. The first-order valence-electron chi connectivity index (χ1n) is 8.21. The minimum absolute atomic E-state index is 0.0540. The highest BCUT2D eigenvalue weighted by atomic mass is 35.5. The van der Waals surface area contributed by atoms with Crippen LogP contribution in [-0.4, -0.2) is 39.8 Å². The number of ether oxygens (including phenoxy) is 2. The van der Waals surface area contributed by atoms with E-state index in [1.807, 2.05) is 43.4 Å². The molecular weight excluding hydrogens is 340 g/mol. The Balaban J connectivity index is 1.65. The number of rotatable bonds is 9. The van der Waals surface area contributed by atoms with Crippen LogP contribution in [0.4, 0.5) is 5.69 Å². The van der Waals surface area contributed by atoms with Crippen LogP contribution < -0.4 is 19.7 Å². The molecule has 0 radical (unpaired) electrons. The van der Waals surface area contributed by atoms with Gasteiger partial charge in [0.15, 0.2) is 6.54 Å². The van der Waals surface area contributed by atoms with Gasteiger partial charge in [-0.1, -0.05) is 23.7 Å². The normalized spacial score (nSPS) is 11.6. The van der Waals surface area contributed by atoms with E-state index in [0.29, 0.717) is 23.9 Å². The molecule has 134 valence electrons. The van der Waals surface area contributed by atoms with E-state index in [1.165, 1.54) is 0 Å². The van der Waals surface area contributed by atoms with Gasteiger partial charge in [-0.25, -0.2) is 0 Å². The Morgan fingerprint density at radius 2 is 1.80 bits per heavy atom. The number of nitrogens with one attached hydrogen (secondary N) is 2. The van der Waals surface area contributed by atoms with Crippen LogP contribution in [0.5, 0.6) is 11.5 Å². The Bertz CT molecular complexity index is 677. The van der Waals surface area contributed by atoms with Crippen LogP contribution in [0.15, 0.2) is 48.5 Å². The molecule has 0 aliphatic rings. The second-order valence-electron chi connectivity index (χ2n) is 5.79. The van der Waals surface area contributed by atoms with Gasteiger partial charge in [0.2, 0.25) is 0 Å². The lowest BCUT2D eigenvalue weighted by atomic mass is 10.3. The molecule has 0 saturated heterocycles. The zero-order chi connectivity index (χ0) is 18.1. The van der Waals surface area contributed by atoms with Gasteiger partial charge in [-0.2, -0.15) is 0 Å². The number of carbonyl (C=O) groups is 1. The summed E-state index contributed by atoms with van der Waals surface area (Å²) in [4.78, 5) is 13.2. The van der Waals surface area contributed by atoms with Crippen LogP contribution in [0.3, 0.4) is 0 Å². The van der Waals surface area contributed by atoms with Gasteiger partial charge in [0.1, 0.15) is 11.5 Å². The van der Waals surface area contributed by atoms with Crippen LogP contribution >= 0.6 is 11.6 Å². The molecule has 25 heavy (non-hydrogen) atoms. The third kappa shape index (κ3) is 6.64. The lowest BCUT2D eigenvalue weighted by Crippen LogP contribution is -3.10. The van der Waals surface area contributed by atoms with Crippen molar-refractivity contribution in [3.63, 3.8) is 0 Å². The average molecular weight is 364 g/mol. The van der Waals surface area contributed by atoms with E-state index in [4.69, 9.17) is 21.1 Å². The highest BCUT2D eigenvalue weighted by molar-refractivity contribution is 6.33. The summed E-state index contributed by atoms with van der Waals surface area (Å²) >= 11 is 6.04. The van der Waals surface area contributed by atoms with Gasteiger partial charge < -0.3 is 19.7 Å². The fourth-order valence-corrected chi connectivity index (χ4v) is 2.54. The third-order valence-corrected chi connectivity index (χ3v) is 4.02. The average Bonchev–Trinajstić information content (AvgIpc) is 2.61. The van der Waals surface area contributed by atoms with E-state index in [9.17, 15) is 4.79 Å². The van der Waals surface area contributed by atoms with Gasteiger partial charge in [0.25, 0.3) is 5.91 Å². The molecule has 0 bridgehead atoms. The molecule has 1 unspecified atom stereocenters. The van der Waals surface area contributed by atoms with E-state index in [0.717, 1.165) is 29.4 Å². The number of amides is 1. The number of benzene rings is 2. The zero-order valence-electron chi connectivity index (χ0n) is 14.5. The molecule has 0 aliphatic carbocycles. The summed E-state index contributed by atoms with van der Waals surface area (Å²) in [5.74, 6) is 1.57. The van der Waals surface area contributed by atoms with Crippen LogP contribution in [0.2, 0.25) is 5.02 Å². The molecule has 0 aliphatic heterocycles. The molecule has 1 atom stereocenters. The van der Waals surface area contributed by atoms with Crippen molar-refractivity contribution in [1.82, 2.24) is 0 Å². The Hall–Kier alpha value is -2.24. The summed E-state index contributed by atoms with van der Waals surface area (Å²) in [6, 6.07) is 14.7. The molecule has 2 aromatic carbocycles. The number of methoxy groups -OCH3 is 1. The molecule has 0 aromatic heterocycles. The standard InChI is InChI=1S/C19H23ClN2O3/c1-22(14-19(23)21-18-7-4-3-6-17(18)20)12-5-13-25-16-10-8-15(24-2)9-11-16/h3-4,6-11H,5,12-14H2,1-2H3,(H,21,23)/p+1. The number of halogens is 1. The largest absolute Gasteiger partial charge is 0.497 e. The highest BCUT2D eigenvalue weighted by Crippen LogP contribution is 2.20. The minimum Gasteiger partial charge on any atom is -0.497 e. The van der Waals surface area contributed by atoms with Crippen molar-refractivity contribution in [2.24, 2.45) is 0 Å². The molecule has 0 fully saturated rings. The summed E-state index contributed by atoms with van der Waals surface area (Å²) < 4.78 is 10.8. The third-order valence-electron chi connectivity index (χ3n) is 3.69. The lowest BCUT2D eigenvalue weighted by molar-refractivity contribution is -0.871. The van der Waals surface area contributed by atoms with E-state index in [1.54, 1.807) is 19.2 Å². The van der Waals surface area contributed by atoms with Crippen molar-refractivity contribution in [3.8, 4) is 11.5 Å². The number of para-hydroxylation sites is 1. The predicted molar refractivity (Wildman–Crippen MR) is 99.8 cm³/mol. The number of hydrogen-bond donors (Lipinski definition) is 2. The van der Waals surface area contributed by atoms with Crippen molar-refractivity contribution < 1.29 is 19.2 Å². The fourth-order valence-electron chi connectivity index (χ4n) is 2.36. The fraction of sp³-hybridized carbons (Fsp3) is 0.316. The maximum Gasteiger partial charge on any atom is 0.279 e. The van der Waals surface area contributed by atoms with Crippen LogP contribution in [0, 0.1) is 0 Å². The Labute approximate surface area is 153 Å². The Kier molecular flexibility index (Phi) is 7.57. The molecule has 5 nitrogen and oxygen atoms in total. The number of quaternary nitrogens is 1. The van der Waals surface area contributed by atoms with Gasteiger partial charge >= 0.3 is 0 Å². The molecule has 2 N–H and O–H groups in total. The number of likely N-dealkylation sites (N-methyl/N-ethyl adjacent to an activating group) is 1. The first-order chi connectivity index (χ1) is 12.1.